The van der Waals surface area contributed by atoms with Crippen LogP contribution in [0.15, 0.2) is 53.2 Å². The number of aromatic nitrogens is 3. The Morgan fingerprint density at radius 3 is 2.76 bits per heavy atom. The van der Waals surface area contributed by atoms with E-state index in [1.54, 1.807) is 24.5 Å². The molecule has 0 radical (unpaired) electrons. The molecule has 0 aliphatic rings. The molecule has 0 saturated heterocycles. The van der Waals surface area contributed by atoms with Gasteiger partial charge < -0.3 is 9.73 Å². The van der Waals surface area contributed by atoms with E-state index < -0.39 is 0 Å². The molecule has 128 valence electrons. The third-order valence-corrected chi connectivity index (χ3v) is 3.82. The lowest BCUT2D eigenvalue weighted by Gasteiger charge is -2.05. The van der Waals surface area contributed by atoms with Gasteiger partial charge in [-0.25, -0.2) is 0 Å². The number of hydrogen-bond acceptors (Lipinski definition) is 5. The van der Waals surface area contributed by atoms with E-state index in [-0.39, 0.29) is 5.91 Å². The molecule has 1 aromatic carbocycles. The number of pyridine rings is 1. The molecule has 7 heteroatoms. The van der Waals surface area contributed by atoms with Crippen molar-refractivity contribution < 1.29 is 9.21 Å². The van der Waals surface area contributed by atoms with Crippen molar-refractivity contribution in [3.63, 3.8) is 0 Å². The number of rotatable bonds is 7. The first kappa shape index (κ1) is 17.1. The van der Waals surface area contributed by atoms with Gasteiger partial charge in [-0.3, -0.25) is 9.78 Å². The summed E-state index contributed by atoms with van der Waals surface area (Å²) in [7, 11) is 0. The molecule has 3 rings (SSSR count). The third-order valence-electron chi connectivity index (χ3n) is 3.58. The lowest BCUT2D eigenvalue weighted by Crippen LogP contribution is -2.25. The van der Waals surface area contributed by atoms with Crippen LogP contribution in [-0.2, 0) is 17.6 Å². The Hall–Kier alpha value is -2.73. The van der Waals surface area contributed by atoms with Crippen LogP contribution in [0.3, 0.4) is 0 Å². The second kappa shape index (κ2) is 8.39. The summed E-state index contributed by atoms with van der Waals surface area (Å²) in [6.07, 6.45) is 4.76. The maximum Gasteiger partial charge on any atom is 0.247 e. The van der Waals surface area contributed by atoms with Crippen LogP contribution in [0.2, 0.25) is 5.02 Å². The minimum atomic E-state index is -0.0503. The molecule has 2 heterocycles. The number of halogens is 1. The highest BCUT2D eigenvalue weighted by atomic mass is 35.5. The zero-order valence-electron chi connectivity index (χ0n) is 13.5. The highest BCUT2D eigenvalue weighted by Gasteiger charge is 2.10. The number of carbonyl (C=O) groups is 1. The number of nitrogens with zero attached hydrogens (tertiary/aromatic N) is 3. The lowest BCUT2D eigenvalue weighted by atomic mass is 10.1. The molecule has 0 spiro atoms. The van der Waals surface area contributed by atoms with Gasteiger partial charge in [-0.1, -0.05) is 23.7 Å². The van der Waals surface area contributed by atoms with Gasteiger partial charge in [-0.15, -0.1) is 10.2 Å². The van der Waals surface area contributed by atoms with Crippen molar-refractivity contribution in [3.05, 3.63) is 65.3 Å². The minimum Gasteiger partial charge on any atom is -0.421 e. The molecule has 6 nitrogen and oxygen atoms in total. The normalized spacial score (nSPS) is 10.6. The Morgan fingerprint density at radius 1 is 1.12 bits per heavy atom. The van der Waals surface area contributed by atoms with Crippen LogP contribution in [-0.4, -0.2) is 27.6 Å². The summed E-state index contributed by atoms with van der Waals surface area (Å²) in [5.41, 5.74) is 1.89. The van der Waals surface area contributed by atoms with Crippen molar-refractivity contribution in [2.75, 3.05) is 6.54 Å². The zero-order valence-corrected chi connectivity index (χ0v) is 14.2. The summed E-state index contributed by atoms with van der Waals surface area (Å²) >= 11 is 5.94. The van der Waals surface area contributed by atoms with E-state index in [4.69, 9.17) is 16.0 Å². The summed E-state index contributed by atoms with van der Waals surface area (Å²) < 4.78 is 5.56. The largest absolute Gasteiger partial charge is 0.421 e. The quantitative estimate of drug-likeness (QED) is 0.703. The summed E-state index contributed by atoms with van der Waals surface area (Å²) in [5.74, 6) is 0.821. The van der Waals surface area contributed by atoms with Gasteiger partial charge >= 0.3 is 0 Å². The fourth-order valence-electron chi connectivity index (χ4n) is 2.31. The molecule has 0 atom stereocenters. The molecule has 0 bridgehead atoms. The van der Waals surface area contributed by atoms with Crippen LogP contribution < -0.4 is 5.32 Å². The maximum atomic E-state index is 11.9. The van der Waals surface area contributed by atoms with Crippen molar-refractivity contribution in [1.82, 2.24) is 20.5 Å². The zero-order chi connectivity index (χ0) is 17.5. The molecule has 0 aliphatic carbocycles. The van der Waals surface area contributed by atoms with Crippen molar-refractivity contribution in [2.45, 2.75) is 19.3 Å². The van der Waals surface area contributed by atoms with Crippen molar-refractivity contribution in [2.24, 2.45) is 0 Å². The molecule has 2 aromatic heterocycles. The van der Waals surface area contributed by atoms with Crippen LogP contribution >= 0.6 is 11.6 Å². The number of benzene rings is 1. The molecule has 0 saturated carbocycles. The molecule has 3 aromatic rings. The van der Waals surface area contributed by atoms with E-state index in [1.807, 2.05) is 24.3 Å². The summed E-state index contributed by atoms with van der Waals surface area (Å²) in [6.45, 7) is 0.561. The van der Waals surface area contributed by atoms with E-state index in [0.717, 1.165) is 17.5 Å². The predicted molar refractivity (Wildman–Crippen MR) is 94.0 cm³/mol. The highest BCUT2D eigenvalue weighted by Crippen LogP contribution is 2.16. The summed E-state index contributed by atoms with van der Waals surface area (Å²) in [4.78, 5) is 15.9. The lowest BCUT2D eigenvalue weighted by molar-refractivity contribution is -0.121. The van der Waals surface area contributed by atoms with Gasteiger partial charge in [0.25, 0.3) is 0 Å². The molecular weight excluding hydrogens is 340 g/mol. The van der Waals surface area contributed by atoms with Gasteiger partial charge in [0.05, 0.1) is 0 Å². The van der Waals surface area contributed by atoms with Crippen molar-refractivity contribution in [3.8, 4) is 11.5 Å². The molecule has 1 N–H and O–H groups in total. The van der Waals surface area contributed by atoms with Gasteiger partial charge in [0.15, 0.2) is 0 Å². The van der Waals surface area contributed by atoms with Gasteiger partial charge in [0, 0.05) is 42.4 Å². The summed E-state index contributed by atoms with van der Waals surface area (Å²) in [5, 5.41) is 11.5. The topological polar surface area (TPSA) is 80.9 Å². The first-order chi connectivity index (χ1) is 12.2. The Morgan fingerprint density at radius 2 is 1.96 bits per heavy atom. The third kappa shape index (κ3) is 5.12. The van der Waals surface area contributed by atoms with Crippen molar-refractivity contribution in [1.29, 1.82) is 0 Å². The van der Waals surface area contributed by atoms with Crippen LogP contribution in [0.5, 0.6) is 0 Å². The van der Waals surface area contributed by atoms with Gasteiger partial charge in [0.2, 0.25) is 17.7 Å². The molecule has 0 aliphatic heterocycles. The van der Waals surface area contributed by atoms with E-state index in [2.05, 4.69) is 20.5 Å². The summed E-state index contributed by atoms with van der Waals surface area (Å²) in [6, 6.07) is 11.2. The fraction of sp³-hybridized carbons (Fsp3) is 0.222. The van der Waals surface area contributed by atoms with Crippen LogP contribution in [0.4, 0.5) is 0 Å². The first-order valence-electron chi connectivity index (χ1n) is 7.94. The monoisotopic (exact) mass is 356 g/mol. The van der Waals surface area contributed by atoms with Crippen LogP contribution in [0.25, 0.3) is 11.5 Å². The van der Waals surface area contributed by atoms with E-state index in [0.29, 0.717) is 36.2 Å². The Kier molecular flexibility index (Phi) is 5.74. The van der Waals surface area contributed by atoms with Crippen LogP contribution in [0.1, 0.15) is 17.9 Å². The predicted octanol–water partition coefficient (Wildman–Crippen LogP) is 3.08. The molecule has 0 fully saturated rings. The second-order valence-electron chi connectivity index (χ2n) is 5.47. The maximum absolute atomic E-state index is 11.9. The standard InChI is InChI=1S/C18H17ClN4O2/c19-15-3-1-2-13(12-15)6-11-21-16(24)4-5-17-22-23-18(25-17)14-7-9-20-10-8-14/h1-3,7-10,12H,4-6,11H2,(H,21,24). The average molecular weight is 357 g/mol. The number of amides is 1. The number of nitrogens with one attached hydrogen (secondary N) is 1. The number of aryl methyl sites for hydroxylation is 1. The van der Waals surface area contributed by atoms with E-state index >= 15 is 0 Å². The average Bonchev–Trinajstić information content (AvgIpc) is 3.10. The molecule has 25 heavy (non-hydrogen) atoms. The van der Waals surface area contributed by atoms with Gasteiger partial charge in [-0.2, -0.15) is 0 Å². The smallest absolute Gasteiger partial charge is 0.247 e. The van der Waals surface area contributed by atoms with Crippen molar-refractivity contribution >= 4 is 17.5 Å². The molecule has 0 unspecified atom stereocenters. The molecular formula is C18H17ClN4O2. The van der Waals surface area contributed by atoms with Gasteiger partial charge in [-0.05, 0) is 36.2 Å². The number of hydrogen-bond donors (Lipinski definition) is 1. The van der Waals surface area contributed by atoms with Crippen LogP contribution in [0, 0.1) is 0 Å². The Labute approximate surface area is 150 Å². The Balaban J connectivity index is 1.43. The first-order valence-corrected chi connectivity index (χ1v) is 8.32. The number of carbonyl (C=O) groups excluding carboxylic acids is 1. The minimum absolute atomic E-state index is 0.0503. The highest BCUT2D eigenvalue weighted by molar-refractivity contribution is 6.30. The van der Waals surface area contributed by atoms with Gasteiger partial charge in [0.1, 0.15) is 0 Å². The SMILES string of the molecule is O=C(CCc1nnc(-c2ccncc2)o1)NCCc1cccc(Cl)c1. The fourth-order valence-corrected chi connectivity index (χ4v) is 2.53. The molecule has 1 amide bonds. The Bertz CT molecular complexity index is 836. The van der Waals surface area contributed by atoms with E-state index in [9.17, 15) is 4.79 Å². The van der Waals surface area contributed by atoms with E-state index in [1.165, 1.54) is 0 Å². The second-order valence-corrected chi connectivity index (χ2v) is 5.90.